The third kappa shape index (κ3) is 4.19. The number of rotatable bonds is 6. The molecule has 2 saturated heterocycles. The Balaban J connectivity index is 1.26. The van der Waals surface area contributed by atoms with E-state index in [-0.39, 0.29) is 23.9 Å². The van der Waals surface area contributed by atoms with Crippen LogP contribution in [0.2, 0.25) is 0 Å². The fourth-order valence-corrected chi connectivity index (χ4v) is 5.08. The first kappa shape index (κ1) is 21.8. The van der Waals surface area contributed by atoms with Gasteiger partial charge in [-0.3, -0.25) is 4.79 Å². The number of nitrogens with one attached hydrogen (secondary N) is 2. The van der Waals surface area contributed by atoms with Crippen molar-refractivity contribution in [2.24, 2.45) is 0 Å². The fourth-order valence-electron chi connectivity index (χ4n) is 5.08. The number of halogens is 2. The summed E-state index contributed by atoms with van der Waals surface area (Å²) in [5.74, 6) is -1.52. The van der Waals surface area contributed by atoms with Crippen LogP contribution < -0.4 is 15.5 Å². The van der Waals surface area contributed by atoms with Crippen LogP contribution in [0.4, 0.5) is 14.5 Å². The molecule has 4 heterocycles. The van der Waals surface area contributed by atoms with Crippen molar-refractivity contribution in [3.8, 4) is 0 Å². The monoisotopic (exact) mass is 453 g/mol. The van der Waals surface area contributed by atoms with Crippen molar-refractivity contribution in [1.82, 2.24) is 20.2 Å². The number of aromatic nitrogens is 2. The van der Waals surface area contributed by atoms with E-state index in [9.17, 15) is 13.6 Å². The molecular formula is C25H29F2N5O. The highest BCUT2D eigenvalue weighted by atomic mass is 19.1. The van der Waals surface area contributed by atoms with Crippen LogP contribution in [0.1, 0.15) is 48.5 Å². The minimum atomic E-state index is -0.442. The van der Waals surface area contributed by atoms with Gasteiger partial charge in [-0.1, -0.05) is 6.92 Å². The summed E-state index contributed by atoms with van der Waals surface area (Å²) in [6, 6.07) is 7.00. The number of piperazine rings is 1. The standard InChI is InChI=1S/C25H29F2N5O/c1-3-31-7-6-16-8-17(12-28-24(16)31)25(33)29-11-15(2)20-9-22(27)23(10-21(20)26)32-13-18-4-5-19(14-32)30-18/h6-10,12,15,18-19,30H,3-5,11,13-14H2,1-2H3,(H,29,33). The third-order valence-electron chi connectivity index (χ3n) is 6.93. The number of amides is 1. The lowest BCUT2D eigenvalue weighted by Gasteiger charge is -2.35. The number of fused-ring (bicyclic) bond motifs is 3. The number of carbonyl (C=O) groups is 1. The predicted octanol–water partition coefficient (Wildman–Crippen LogP) is 3.81. The number of hydrogen-bond acceptors (Lipinski definition) is 4. The Kier molecular flexibility index (Phi) is 5.78. The highest BCUT2D eigenvalue weighted by Gasteiger charge is 2.33. The van der Waals surface area contributed by atoms with Crippen molar-refractivity contribution in [3.05, 3.63) is 59.4 Å². The molecule has 2 aliphatic rings. The molecule has 3 unspecified atom stereocenters. The lowest BCUT2D eigenvalue weighted by atomic mass is 9.99. The van der Waals surface area contributed by atoms with Crippen molar-refractivity contribution in [2.75, 3.05) is 24.5 Å². The number of aryl methyl sites for hydroxylation is 1. The van der Waals surface area contributed by atoms with Gasteiger partial charge in [-0.05, 0) is 43.5 Å². The first-order valence-corrected chi connectivity index (χ1v) is 11.7. The molecule has 0 saturated carbocycles. The van der Waals surface area contributed by atoms with E-state index in [1.54, 1.807) is 19.2 Å². The maximum Gasteiger partial charge on any atom is 0.252 e. The molecule has 0 spiro atoms. The van der Waals surface area contributed by atoms with E-state index in [0.717, 1.165) is 30.4 Å². The largest absolute Gasteiger partial charge is 0.366 e. The summed E-state index contributed by atoms with van der Waals surface area (Å²) in [5, 5.41) is 7.23. The number of pyridine rings is 1. The summed E-state index contributed by atoms with van der Waals surface area (Å²) in [5.41, 5.74) is 1.86. The molecule has 2 aliphatic heterocycles. The van der Waals surface area contributed by atoms with Gasteiger partial charge in [0.25, 0.3) is 5.91 Å². The second kappa shape index (κ2) is 8.74. The van der Waals surface area contributed by atoms with Crippen LogP contribution in [0.5, 0.6) is 0 Å². The van der Waals surface area contributed by atoms with Gasteiger partial charge in [0.1, 0.15) is 17.3 Å². The van der Waals surface area contributed by atoms with E-state index in [1.165, 1.54) is 12.1 Å². The molecule has 2 N–H and O–H groups in total. The highest BCUT2D eigenvalue weighted by Crippen LogP contribution is 2.31. The predicted molar refractivity (Wildman–Crippen MR) is 125 cm³/mol. The molecule has 174 valence electrons. The van der Waals surface area contributed by atoms with Gasteiger partial charge < -0.3 is 20.1 Å². The average Bonchev–Trinajstić information content (AvgIpc) is 3.39. The lowest BCUT2D eigenvalue weighted by Crippen LogP contribution is -2.51. The molecule has 33 heavy (non-hydrogen) atoms. The number of benzene rings is 1. The number of hydrogen-bond donors (Lipinski definition) is 2. The van der Waals surface area contributed by atoms with Crippen LogP contribution in [-0.4, -0.2) is 47.2 Å². The lowest BCUT2D eigenvalue weighted by molar-refractivity contribution is 0.0951. The van der Waals surface area contributed by atoms with E-state index in [4.69, 9.17) is 0 Å². The summed E-state index contributed by atoms with van der Waals surface area (Å²) < 4.78 is 31.9. The Morgan fingerprint density at radius 3 is 2.70 bits per heavy atom. The van der Waals surface area contributed by atoms with Gasteiger partial charge in [0, 0.05) is 68.0 Å². The summed E-state index contributed by atoms with van der Waals surface area (Å²) in [6.45, 7) is 6.20. The molecule has 2 fully saturated rings. The molecule has 0 radical (unpaired) electrons. The molecule has 1 aromatic carbocycles. The Bertz CT molecular complexity index is 1180. The third-order valence-corrected chi connectivity index (χ3v) is 6.93. The maximum atomic E-state index is 15.0. The van der Waals surface area contributed by atoms with Gasteiger partial charge in [-0.15, -0.1) is 0 Å². The minimum Gasteiger partial charge on any atom is -0.366 e. The molecular weight excluding hydrogens is 424 g/mol. The first-order valence-electron chi connectivity index (χ1n) is 11.7. The van der Waals surface area contributed by atoms with Gasteiger partial charge in [0.15, 0.2) is 0 Å². The summed E-state index contributed by atoms with van der Waals surface area (Å²) in [7, 11) is 0. The van der Waals surface area contributed by atoms with Gasteiger partial charge in [0.05, 0.1) is 11.3 Å². The van der Waals surface area contributed by atoms with E-state index < -0.39 is 11.6 Å². The molecule has 2 aromatic heterocycles. The van der Waals surface area contributed by atoms with E-state index in [2.05, 4.69) is 15.6 Å². The Labute approximate surface area is 192 Å². The van der Waals surface area contributed by atoms with Crippen LogP contribution in [0.3, 0.4) is 0 Å². The van der Waals surface area contributed by atoms with Gasteiger partial charge in [-0.2, -0.15) is 0 Å². The molecule has 1 amide bonds. The maximum absolute atomic E-state index is 15.0. The SMILES string of the molecule is CCn1ccc2cc(C(=O)NCC(C)c3cc(F)c(N4CC5CCC(C4)N5)cc3F)cnc21. The Hall–Kier alpha value is -3.00. The second-order valence-electron chi connectivity index (χ2n) is 9.22. The Morgan fingerprint density at radius 2 is 1.97 bits per heavy atom. The summed E-state index contributed by atoms with van der Waals surface area (Å²) >= 11 is 0. The summed E-state index contributed by atoms with van der Waals surface area (Å²) in [6.07, 6.45) is 5.64. The van der Waals surface area contributed by atoms with Gasteiger partial charge in [-0.25, -0.2) is 13.8 Å². The van der Waals surface area contributed by atoms with E-state index in [1.807, 2.05) is 28.7 Å². The highest BCUT2D eigenvalue weighted by molar-refractivity contribution is 5.97. The molecule has 0 aliphatic carbocycles. The number of anilines is 1. The van der Waals surface area contributed by atoms with Crippen molar-refractivity contribution < 1.29 is 13.6 Å². The molecule has 2 bridgehead atoms. The first-order chi connectivity index (χ1) is 15.9. The van der Waals surface area contributed by atoms with Crippen LogP contribution in [-0.2, 0) is 6.54 Å². The zero-order chi connectivity index (χ0) is 23.1. The molecule has 5 rings (SSSR count). The van der Waals surface area contributed by atoms with Crippen molar-refractivity contribution in [1.29, 1.82) is 0 Å². The minimum absolute atomic E-state index is 0.195. The molecule has 3 atom stereocenters. The van der Waals surface area contributed by atoms with Gasteiger partial charge >= 0.3 is 0 Å². The van der Waals surface area contributed by atoms with Gasteiger partial charge in [0.2, 0.25) is 0 Å². The normalized spacial score (nSPS) is 20.9. The van der Waals surface area contributed by atoms with E-state index >= 15 is 0 Å². The van der Waals surface area contributed by atoms with Crippen LogP contribution in [0, 0.1) is 11.6 Å². The zero-order valence-electron chi connectivity index (χ0n) is 18.9. The molecule has 6 nitrogen and oxygen atoms in total. The van der Waals surface area contributed by atoms with Crippen molar-refractivity contribution >= 4 is 22.6 Å². The quantitative estimate of drug-likeness (QED) is 0.596. The van der Waals surface area contributed by atoms with Crippen molar-refractivity contribution in [2.45, 2.75) is 51.2 Å². The smallest absolute Gasteiger partial charge is 0.252 e. The van der Waals surface area contributed by atoms with E-state index in [0.29, 0.717) is 36.4 Å². The molecule has 3 aromatic rings. The average molecular weight is 454 g/mol. The van der Waals surface area contributed by atoms with Crippen molar-refractivity contribution in [3.63, 3.8) is 0 Å². The fraction of sp³-hybridized carbons (Fsp3) is 0.440. The number of carbonyl (C=O) groups excluding carboxylic acids is 1. The van der Waals surface area contributed by atoms with Crippen LogP contribution >= 0.6 is 0 Å². The van der Waals surface area contributed by atoms with Crippen LogP contribution in [0.15, 0.2) is 36.7 Å². The Morgan fingerprint density at radius 1 is 1.21 bits per heavy atom. The topological polar surface area (TPSA) is 62.2 Å². The van der Waals surface area contributed by atoms with Crippen LogP contribution in [0.25, 0.3) is 11.0 Å². The number of nitrogens with zero attached hydrogens (tertiary/aromatic N) is 3. The second-order valence-corrected chi connectivity index (χ2v) is 9.22. The summed E-state index contributed by atoms with van der Waals surface area (Å²) in [4.78, 5) is 19.0. The zero-order valence-corrected chi connectivity index (χ0v) is 18.9. The molecule has 8 heteroatoms.